The second-order valence-electron chi connectivity index (χ2n) is 9.87. The molecule has 1 heterocycles. The topological polar surface area (TPSA) is 58.4 Å². The molecule has 2 fully saturated rings. The molecule has 0 aliphatic heterocycles. The third kappa shape index (κ3) is 4.38. The number of anilines is 3. The molecule has 3 aromatic rings. The van der Waals surface area contributed by atoms with Gasteiger partial charge in [0.1, 0.15) is 11.8 Å². The van der Waals surface area contributed by atoms with Crippen LogP contribution in [0.15, 0.2) is 46.9 Å². The van der Waals surface area contributed by atoms with Crippen molar-refractivity contribution in [1.82, 2.24) is 4.98 Å². The second kappa shape index (κ2) is 8.97. The van der Waals surface area contributed by atoms with E-state index in [1.165, 1.54) is 43.4 Å². The average molecular weight is 432 g/mol. The standard InChI is InChI=1S/C27H33N3O2/c1-18(2)16-30(21-8-4-3-5-9-21)25-13-12-19(22-14-20(22)17-31)15-24(25)29-27-28-23-10-6-7-11-26(23)32-27/h6-7,10-13,15,17-18,20-22H,3-5,8-9,14,16H2,1-2H3,(H,28,29). The Morgan fingerprint density at radius 2 is 1.97 bits per heavy atom. The summed E-state index contributed by atoms with van der Waals surface area (Å²) in [5, 5.41) is 3.50. The second-order valence-corrected chi connectivity index (χ2v) is 9.87. The zero-order chi connectivity index (χ0) is 22.1. The van der Waals surface area contributed by atoms with Crippen molar-refractivity contribution in [2.24, 2.45) is 11.8 Å². The van der Waals surface area contributed by atoms with Crippen LogP contribution in [0.2, 0.25) is 0 Å². The lowest BCUT2D eigenvalue weighted by Crippen LogP contribution is -2.39. The highest BCUT2D eigenvalue weighted by molar-refractivity contribution is 5.79. The minimum absolute atomic E-state index is 0.156. The van der Waals surface area contributed by atoms with Crippen molar-refractivity contribution >= 4 is 34.8 Å². The van der Waals surface area contributed by atoms with E-state index in [0.29, 0.717) is 23.9 Å². The normalized spacial score (nSPS) is 21.1. The summed E-state index contributed by atoms with van der Waals surface area (Å²) in [6.45, 7) is 5.60. The molecule has 5 rings (SSSR count). The van der Waals surface area contributed by atoms with Gasteiger partial charge >= 0.3 is 0 Å². The Balaban J connectivity index is 1.52. The summed E-state index contributed by atoms with van der Waals surface area (Å²) < 4.78 is 5.99. The predicted octanol–water partition coefficient (Wildman–Crippen LogP) is 6.67. The summed E-state index contributed by atoms with van der Waals surface area (Å²) in [5.41, 5.74) is 5.08. The number of hydrogen-bond acceptors (Lipinski definition) is 5. The molecule has 2 aliphatic rings. The molecule has 2 saturated carbocycles. The molecule has 2 aromatic carbocycles. The highest BCUT2D eigenvalue weighted by Gasteiger charge is 2.38. The number of nitrogens with one attached hydrogen (secondary N) is 1. The lowest BCUT2D eigenvalue weighted by atomic mass is 9.92. The Bertz CT molecular complexity index is 1050. The quantitative estimate of drug-likeness (QED) is 0.404. The van der Waals surface area contributed by atoms with Crippen LogP contribution in [0.3, 0.4) is 0 Å². The predicted molar refractivity (Wildman–Crippen MR) is 130 cm³/mol. The Labute approximate surface area is 190 Å². The molecule has 0 spiro atoms. The number of aldehydes is 1. The SMILES string of the molecule is CC(C)CN(c1ccc(C2CC2C=O)cc1Nc1nc2ccccc2o1)C1CCCCC1. The zero-order valence-corrected chi connectivity index (χ0v) is 19.1. The van der Waals surface area contributed by atoms with Gasteiger partial charge in [-0.3, -0.25) is 0 Å². The third-order valence-electron chi connectivity index (χ3n) is 6.89. The van der Waals surface area contributed by atoms with Crippen molar-refractivity contribution in [3.63, 3.8) is 0 Å². The number of fused-ring (bicyclic) bond motifs is 1. The van der Waals surface area contributed by atoms with Crippen molar-refractivity contribution in [3.8, 4) is 0 Å². The number of rotatable bonds is 8. The van der Waals surface area contributed by atoms with E-state index in [1.807, 2.05) is 24.3 Å². The van der Waals surface area contributed by atoms with E-state index >= 15 is 0 Å². The monoisotopic (exact) mass is 431 g/mol. The van der Waals surface area contributed by atoms with Gasteiger partial charge in [-0.2, -0.15) is 4.98 Å². The van der Waals surface area contributed by atoms with E-state index < -0.39 is 0 Å². The van der Waals surface area contributed by atoms with Gasteiger partial charge in [0.25, 0.3) is 6.01 Å². The van der Waals surface area contributed by atoms with Crippen molar-refractivity contribution < 1.29 is 9.21 Å². The van der Waals surface area contributed by atoms with Crippen LogP contribution >= 0.6 is 0 Å². The van der Waals surface area contributed by atoms with Gasteiger partial charge in [0.15, 0.2) is 5.58 Å². The molecule has 0 saturated heterocycles. The van der Waals surface area contributed by atoms with Gasteiger partial charge in [0.2, 0.25) is 0 Å². The molecular weight excluding hydrogens is 398 g/mol. The van der Waals surface area contributed by atoms with Crippen LogP contribution < -0.4 is 10.2 Å². The summed E-state index contributed by atoms with van der Waals surface area (Å²) in [6, 6.07) is 15.6. The van der Waals surface area contributed by atoms with Gasteiger partial charge < -0.3 is 19.4 Å². The fraction of sp³-hybridized carbons (Fsp3) is 0.481. The average Bonchev–Trinajstić information content (AvgIpc) is 3.49. The molecule has 32 heavy (non-hydrogen) atoms. The van der Waals surface area contributed by atoms with Crippen molar-refractivity contribution in [3.05, 3.63) is 48.0 Å². The number of nitrogens with zero attached hydrogens (tertiary/aromatic N) is 2. The zero-order valence-electron chi connectivity index (χ0n) is 19.1. The first-order valence-electron chi connectivity index (χ1n) is 12.1. The molecule has 168 valence electrons. The number of carbonyl (C=O) groups is 1. The van der Waals surface area contributed by atoms with Crippen LogP contribution in [0.25, 0.3) is 11.1 Å². The molecule has 5 heteroatoms. The van der Waals surface area contributed by atoms with Crippen molar-refractivity contribution in [2.45, 2.75) is 64.3 Å². The lowest BCUT2D eigenvalue weighted by molar-refractivity contribution is -0.108. The Hall–Kier alpha value is -2.82. The highest BCUT2D eigenvalue weighted by atomic mass is 16.4. The van der Waals surface area contributed by atoms with Crippen LogP contribution in [0.5, 0.6) is 0 Å². The van der Waals surface area contributed by atoms with Gasteiger partial charge in [-0.15, -0.1) is 0 Å². The lowest BCUT2D eigenvalue weighted by Gasteiger charge is -2.38. The first-order valence-corrected chi connectivity index (χ1v) is 12.1. The highest BCUT2D eigenvalue weighted by Crippen LogP contribution is 2.48. The van der Waals surface area contributed by atoms with Crippen LogP contribution in [0.4, 0.5) is 17.4 Å². The summed E-state index contributed by atoms with van der Waals surface area (Å²) in [7, 11) is 0. The van der Waals surface area contributed by atoms with E-state index in [9.17, 15) is 4.79 Å². The Morgan fingerprint density at radius 3 is 2.69 bits per heavy atom. The van der Waals surface area contributed by atoms with E-state index in [1.54, 1.807) is 0 Å². The van der Waals surface area contributed by atoms with E-state index in [0.717, 1.165) is 36.0 Å². The summed E-state index contributed by atoms with van der Waals surface area (Å²) in [4.78, 5) is 18.5. The summed E-state index contributed by atoms with van der Waals surface area (Å²) >= 11 is 0. The van der Waals surface area contributed by atoms with Crippen LogP contribution in [-0.2, 0) is 4.79 Å². The first kappa shape index (κ1) is 21.0. The minimum Gasteiger partial charge on any atom is -0.423 e. The molecule has 2 atom stereocenters. The van der Waals surface area contributed by atoms with Gasteiger partial charge in [-0.05, 0) is 60.9 Å². The van der Waals surface area contributed by atoms with E-state index in [-0.39, 0.29) is 5.92 Å². The third-order valence-corrected chi connectivity index (χ3v) is 6.89. The molecule has 0 amide bonds. The van der Waals surface area contributed by atoms with Gasteiger partial charge in [0.05, 0.1) is 11.4 Å². The fourth-order valence-electron chi connectivity index (χ4n) is 5.15. The molecule has 1 N–H and O–H groups in total. The first-order chi connectivity index (χ1) is 15.6. The number of hydrogen-bond donors (Lipinski definition) is 1. The van der Waals surface area contributed by atoms with Crippen LogP contribution in [0.1, 0.15) is 63.9 Å². The minimum atomic E-state index is 0.156. The molecule has 2 aliphatic carbocycles. The number of aromatic nitrogens is 1. The fourth-order valence-corrected chi connectivity index (χ4v) is 5.15. The summed E-state index contributed by atoms with van der Waals surface area (Å²) in [5.74, 6) is 1.05. The molecule has 0 radical (unpaired) electrons. The van der Waals surface area contributed by atoms with Crippen LogP contribution in [0, 0.1) is 11.8 Å². The van der Waals surface area contributed by atoms with E-state index in [2.05, 4.69) is 47.2 Å². The van der Waals surface area contributed by atoms with Crippen molar-refractivity contribution in [1.29, 1.82) is 0 Å². The molecule has 5 nitrogen and oxygen atoms in total. The molecule has 1 aromatic heterocycles. The number of para-hydroxylation sites is 2. The number of carbonyl (C=O) groups excluding carboxylic acids is 1. The number of oxazole rings is 1. The summed E-state index contributed by atoms with van der Waals surface area (Å²) in [6.07, 6.45) is 8.47. The molecule has 2 unspecified atom stereocenters. The number of benzene rings is 2. The molecular formula is C27H33N3O2. The molecule has 0 bridgehead atoms. The van der Waals surface area contributed by atoms with Crippen molar-refractivity contribution in [2.75, 3.05) is 16.8 Å². The Kier molecular flexibility index (Phi) is 5.90. The largest absolute Gasteiger partial charge is 0.423 e. The Morgan fingerprint density at radius 1 is 1.16 bits per heavy atom. The van der Waals surface area contributed by atoms with Gasteiger partial charge in [0, 0.05) is 18.5 Å². The maximum Gasteiger partial charge on any atom is 0.300 e. The maximum atomic E-state index is 11.3. The van der Waals surface area contributed by atoms with Gasteiger partial charge in [-0.1, -0.05) is 51.3 Å². The smallest absolute Gasteiger partial charge is 0.300 e. The van der Waals surface area contributed by atoms with Crippen LogP contribution in [-0.4, -0.2) is 23.9 Å². The maximum absolute atomic E-state index is 11.3. The van der Waals surface area contributed by atoms with E-state index in [4.69, 9.17) is 4.42 Å². The van der Waals surface area contributed by atoms with Gasteiger partial charge in [-0.25, -0.2) is 0 Å².